The van der Waals surface area contributed by atoms with Crippen LogP contribution in [0.5, 0.6) is 0 Å². The number of aromatic nitrogens is 2. The van der Waals surface area contributed by atoms with E-state index in [1.165, 1.54) is 0 Å². The fourth-order valence-electron chi connectivity index (χ4n) is 2.30. The van der Waals surface area contributed by atoms with E-state index in [0.29, 0.717) is 25.5 Å². The summed E-state index contributed by atoms with van der Waals surface area (Å²) in [6.45, 7) is 0.965. The van der Waals surface area contributed by atoms with Gasteiger partial charge >= 0.3 is 0 Å². The highest BCUT2D eigenvalue weighted by atomic mass is 32.2. The summed E-state index contributed by atoms with van der Waals surface area (Å²) in [7, 11) is -2.90. The highest BCUT2D eigenvalue weighted by Crippen LogP contribution is 2.31. The zero-order valence-electron chi connectivity index (χ0n) is 8.72. The van der Waals surface area contributed by atoms with Gasteiger partial charge in [0.05, 0.1) is 36.5 Å². The lowest BCUT2D eigenvalue weighted by Crippen LogP contribution is -2.15. The number of anilines is 1. The van der Waals surface area contributed by atoms with Gasteiger partial charge in [-0.05, 0) is 6.42 Å². The molecule has 0 amide bonds. The molecule has 0 unspecified atom stereocenters. The van der Waals surface area contributed by atoms with Crippen molar-refractivity contribution in [3.63, 3.8) is 0 Å². The highest BCUT2D eigenvalue weighted by Gasteiger charge is 2.33. The van der Waals surface area contributed by atoms with E-state index >= 15 is 0 Å². The molecule has 0 bridgehead atoms. The van der Waals surface area contributed by atoms with Gasteiger partial charge in [-0.3, -0.25) is 0 Å². The van der Waals surface area contributed by atoms with Gasteiger partial charge in [-0.2, -0.15) is 5.10 Å². The van der Waals surface area contributed by atoms with E-state index in [-0.39, 0.29) is 17.5 Å². The van der Waals surface area contributed by atoms with Crippen molar-refractivity contribution >= 4 is 15.7 Å². The molecule has 0 aliphatic carbocycles. The maximum absolute atomic E-state index is 11.4. The first-order valence-electron chi connectivity index (χ1n) is 5.21. The number of hydrogen-bond acceptors (Lipinski definition) is 5. The summed E-state index contributed by atoms with van der Waals surface area (Å²) < 4.78 is 29.7. The zero-order valence-corrected chi connectivity index (χ0v) is 9.53. The molecule has 0 radical (unpaired) electrons. The largest absolute Gasteiger partial charge is 0.384 e. The molecule has 7 heteroatoms. The van der Waals surface area contributed by atoms with Crippen LogP contribution < -0.4 is 5.73 Å². The zero-order chi connectivity index (χ0) is 11.3. The summed E-state index contributed by atoms with van der Waals surface area (Å²) in [6.07, 6.45) is 0.605. The number of nitrogen functional groups attached to an aromatic ring is 1. The lowest BCUT2D eigenvalue weighted by Gasteiger charge is -2.11. The minimum Gasteiger partial charge on any atom is -0.384 e. The molecule has 2 aliphatic heterocycles. The van der Waals surface area contributed by atoms with Crippen molar-refractivity contribution in [1.82, 2.24) is 9.78 Å². The van der Waals surface area contributed by atoms with Gasteiger partial charge in [-0.25, -0.2) is 13.1 Å². The third-order valence-corrected chi connectivity index (χ3v) is 4.92. The summed E-state index contributed by atoms with van der Waals surface area (Å²) >= 11 is 0. The van der Waals surface area contributed by atoms with Crippen molar-refractivity contribution < 1.29 is 13.2 Å². The Kier molecular flexibility index (Phi) is 2.02. The van der Waals surface area contributed by atoms with E-state index in [0.717, 1.165) is 11.3 Å². The second-order valence-electron chi connectivity index (χ2n) is 4.30. The number of fused-ring (bicyclic) bond motifs is 1. The SMILES string of the molecule is Nc1c2c(nn1[C@@H]1CCS(=O)(=O)C1)COC2. The Morgan fingerprint density at radius 2 is 2.25 bits per heavy atom. The third-order valence-electron chi connectivity index (χ3n) is 3.17. The molecule has 6 nitrogen and oxygen atoms in total. The molecule has 1 fully saturated rings. The summed E-state index contributed by atoms with van der Waals surface area (Å²) in [5.74, 6) is 0.950. The standard InChI is InChI=1S/C9H13N3O3S/c10-9-7-3-15-4-8(7)11-12(9)6-1-2-16(13,14)5-6/h6H,1-5,10H2/t6-/m1/s1. The van der Waals surface area contributed by atoms with Crippen molar-refractivity contribution in [1.29, 1.82) is 0 Å². The number of nitrogens with zero attached hydrogens (tertiary/aromatic N) is 2. The van der Waals surface area contributed by atoms with Gasteiger partial charge in [0, 0.05) is 5.56 Å². The van der Waals surface area contributed by atoms with Gasteiger partial charge in [-0.1, -0.05) is 0 Å². The molecule has 1 aromatic rings. The molecule has 1 saturated heterocycles. The van der Waals surface area contributed by atoms with Crippen molar-refractivity contribution in [2.75, 3.05) is 17.2 Å². The van der Waals surface area contributed by atoms with Crippen LogP contribution in [0.1, 0.15) is 23.7 Å². The van der Waals surface area contributed by atoms with Crippen molar-refractivity contribution in [3.8, 4) is 0 Å². The first-order valence-corrected chi connectivity index (χ1v) is 7.03. The van der Waals surface area contributed by atoms with Crippen LogP contribution in [-0.2, 0) is 27.8 Å². The Balaban J connectivity index is 1.97. The fourth-order valence-corrected chi connectivity index (χ4v) is 3.99. The lowest BCUT2D eigenvalue weighted by atomic mass is 10.2. The molecule has 1 atom stereocenters. The first-order chi connectivity index (χ1) is 7.57. The molecular formula is C9H13N3O3S. The minimum atomic E-state index is -2.90. The molecule has 2 aliphatic rings. The second kappa shape index (κ2) is 3.21. The second-order valence-corrected chi connectivity index (χ2v) is 6.53. The summed E-state index contributed by atoms with van der Waals surface area (Å²) in [4.78, 5) is 0. The quantitative estimate of drug-likeness (QED) is 0.741. The molecular weight excluding hydrogens is 230 g/mol. The number of sulfone groups is 1. The number of rotatable bonds is 1. The topological polar surface area (TPSA) is 87.2 Å². The van der Waals surface area contributed by atoms with Crippen LogP contribution in [-0.4, -0.2) is 29.7 Å². The Hall–Kier alpha value is -1.08. The van der Waals surface area contributed by atoms with Gasteiger partial charge in [0.2, 0.25) is 0 Å². The molecule has 2 N–H and O–H groups in total. The van der Waals surface area contributed by atoms with Crippen molar-refractivity contribution in [3.05, 3.63) is 11.3 Å². The molecule has 3 heterocycles. The van der Waals surface area contributed by atoms with E-state index in [9.17, 15) is 8.42 Å². The van der Waals surface area contributed by atoms with E-state index in [1.807, 2.05) is 0 Å². The van der Waals surface area contributed by atoms with Gasteiger partial charge in [0.1, 0.15) is 5.82 Å². The molecule has 16 heavy (non-hydrogen) atoms. The van der Waals surface area contributed by atoms with Crippen LogP contribution in [0.25, 0.3) is 0 Å². The Morgan fingerprint density at radius 3 is 2.88 bits per heavy atom. The van der Waals surface area contributed by atoms with Crippen LogP contribution in [0.15, 0.2) is 0 Å². The number of hydrogen-bond donors (Lipinski definition) is 1. The van der Waals surface area contributed by atoms with E-state index in [2.05, 4.69) is 5.10 Å². The predicted octanol–water partition coefficient (Wildman–Crippen LogP) is -0.145. The molecule has 3 rings (SSSR count). The van der Waals surface area contributed by atoms with Crippen LogP contribution in [0, 0.1) is 0 Å². The van der Waals surface area contributed by atoms with Crippen LogP contribution in [0.2, 0.25) is 0 Å². The summed E-state index contributed by atoms with van der Waals surface area (Å²) in [6, 6.07) is -0.101. The summed E-state index contributed by atoms with van der Waals surface area (Å²) in [5, 5.41) is 4.34. The average Bonchev–Trinajstić information content (AvgIpc) is 2.84. The Morgan fingerprint density at radius 1 is 1.44 bits per heavy atom. The third kappa shape index (κ3) is 1.42. The Bertz CT molecular complexity index is 534. The van der Waals surface area contributed by atoms with Gasteiger partial charge in [-0.15, -0.1) is 0 Å². The van der Waals surface area contributed by atoms with Crippen LogP contribution >= 0.6 is 0 Å². The van der Waals surface area contributed by atoms with Crippen LogP contribution in [0.3, 0.4) is 0 Å². The lowest BCUT2D eigenvalue weighted by molar-refractivity contribution is 0.131. The smallest absolute Gasteiger partial charge is 0.152 e. The first kappa shape index (κ1) is 10.1. The predicted molar refractivity (Wildman–Crippen MR) is 57.4 cm³/mol. The molecule has 0 spiro atoms. The van der Waals surface area contributed by atoms with E-state index in [1.54, 1.807) is 4.68 Å². The van der Waals surface area contributed by atoms with Gasteiger partial charge in [0.25, 0.3) is 0 Å². The summed E-state index contributed by atoms with van der Waals surface area (Å²) in [5.41, 5.74) is 7.72. The molecule has 0 aromatic carbocycles. The normalized spacial score (nSPS) is 27.1. The minimum absolute atomic E-state index is 0.101. The molecule has 1 aromatic heterocycles. The molecule has 0 saturated carbocycles. The number of ether oxygens (including phenoxy) is 1. The Labute approximate surface area is 93.3 Å². The van der Waals surface area contributed by atoms with Crippen LogP contribution in [0.4, 0.5) is 5.82 Å². The molecule has 88 valence electrons. The monoisotopic (exact) mass is 243 g/mol. The maximum Gasteiger partial charge on any atom is 0.152 e. The van der Waals surface area contributed by atoms with Crippen molar-refractivity contribution in [2.24, 2.45) is 0 Å². The van der Waals surface area contributed by atoms with Crippen molar-refractivity contribution in [2.45, 2.75) is 25.7 Å². The van der Waals surface area contributed by atoms with Gasteiger partial charge in [0.15, 0.2) is 9.84 Å². The average molecular weight is 243 g/mol. The maximum atomic E-state index is 11.4. The van der Waals surface area contributed by atoms with E-state index in [4.69, 9.17) is 10.5 Å². The van der Waals surface area contributed by atoms with Gasteiger partial charge < -0.3 is 10.5 Å². The van der Waals surface area contributed by atoms with E-state index < -0.39 is 9.84 Å². The highest BCUT2D eigenvalue weighted by molar-refractivity contribution is 7.91. The fraction of sp³-hybridized carbons (Fsp3) is 0.667. The number of nitrogens with two attached hydrogens (primary N) is 1.